The Hall–Kier alpha value is -1.86. The molecule has 0 amide bonds. The highest BCUT2D eigenvalue weighted by atomic mass is 32.2. The van der Waals surface area contributed by atoms with E-state index in [2.05, 4.69) is 14.9 Å². The smallest absolute Gasteiger partial charge is 0.262 e. The van der Waals surface area contributed by atoms with Gasteiger partial charge in [-0.05, 0) is 17.7 Å². The Morgan fingerprint density at radius 3 is 2.88 bits per heavy atom. The molecule has 0 spiro atoms. The lowest BCUT2D eigenvalue weighted by atomic mass is 10.2. The summed E-state index contributed by atoms with van der Waals surface area (Å²) in [6.07, 6.45) is 2.86. The molecule has 0 radical (unpaired) electrons. The van der Waals surface area contributed by atoms with Crippen molar-refractivity contribution in [1.82, 2.24) is 10.2 Å². The van der Waals surface area contributed by atoms with Crippen LogP contribution in [-0.2, 0) is 16.6 Å². The van der Waals surface area contributed by atoms with Gasteiger partial charge in [0.1, 0.15) is 0 Å². The molecule has 1 aromatic carbocycles. The summed E-state index contributed by atoms with van der Waals surface area (Å²) in [4.78, 5) is 0.182. The number of nitrogens with one attached hydrogen (secondary N) is 2. The average molecular weight is 252 g/mol. The number of aromatic nitrogens is 2. The van der Waals surface area contributed by atoms with Gasteiger partial charge in [0.15, 0.2) is 0 Å². The molecule has 90 valence electrons. The van der Waals surface area contributed by atoms with Crippen LogP contribution in [0, 0.1) is 0 Å². The predicted octanol–water partition coefficient (Wildman–Crippen LogP) is 0.669. The van der Waals surface area contributed by atoms with Crippen molar-refractivity contribution >= 4 is 15.7 Å². The zero-order valence-corrected chi connectivity index (χ0v) is 9.74. The second-order valence-corrected chi connectivity index (χ2v) is 5.13. The van der Waals surface area contributed by atoms with E-state index in [1.54, 1.807) is 18.2 Å². The molecule has 0 atom stereocenters. The average Bonchev–Trinajstić information content (AvgIpc) is 2.81. The van der Waals surface area contributed by atoms with Gasteiger partial charge in [-0.1, -0.05) is 12.1 Å². The van der Waals surface area contributed by atoms with Crippen LogP contribution < -0.4 is 10.5 Å². The van der Waals surface area contributed by atoms with Crippen molar-refractivity contribution in [2.75, 3.05) is 4.72 Å². The summed E-state index contributed by atoms with van der Waals surface area (Å²) < 4.78 is 26.4. The normalized spacial score (nSPS) is 11.4. The van der Waals surface area contributed by atoms with E-state index in [9.17, 15) is 8.42 Å². The zero-order valence-electron chi connectivity index (χ0n) is 8.92. The molecule has 0 saturated heterocycles. The third-order valence-electron chi connectivity index (χ3n) is 2.19. The minimum atomic E-state index is -3.58. The van der Waals surface area contributed by atoms with Crippen LogP contribution in [0.3, 0.4) is 0 Å². The number of nitrogens with zero attached hydrogens (tertiary/aromatic N) is 1. The highest BCUT2D eigenvalue weighted by Gasteiger charge is 2.14. The van der Waals surface area contributed by atoms with Crippen LogP contribution in [0.1, 0.15) is 5.56 Å². The van der Waals surface area contributed by atoms with Crippen LogP contribution in [0.25, 0.3) is 0 Å². The minimum absolute atomic E-state index is 0.182. The van der Waals surface area contributed by atoms with Crippen molar-refractivity contribution in [1.29, 1.82) is 0 Å². The summed E-state index contributed by atoms with van der Waals surface area (Å²) in [6, 6.07) is 6.49. The molecule has 1 heterocycles. The molecule has 17 heavy (non-hydrogen) atoms. The number of hydrogen-bond acceptors (Lipinski definition) is 4. The largest absolute Gasteiger partial charge is 0.326 e. The maximum Gasteiger partial charge on any atom is 0.262 e. The van der Waals surface area contributed by atoms with Crippen LogP contribution in [0.15, 0.2) is 41.6 Å². The Morgan fingerprint density at radius 2 is 2.24 bits per heavy atom. The van der Waals surface area contributed by atoms with Crippen molar-refractivity contribution in [3.63, 3.8) is 0 Å². The van der Waals surface area contributed by atoms with Crippen molar-refractivity contribution < 1.29 is 8.42 Å². The Labute approximate surface area is 98.9 Å². The summed E-state index contributed by atoms with van der Waals surface area (Å²) in [7, 11) is -3.58. The van der Waals surface area contributed by atoms with E-state index in [4.69, 9.17) is 5.73 Å². The standard InChI is InChI=1S/C10H12N4O2S/c11-5-8-2-1-3-10(4-8)17(15,16)14-9-6-12-13-7-9/h1-4,6-7,14H,5,11H2,(H,12,13). The number of aromatic amines is 1. The third kappa shape index (κ3) is 2.63. The molecule has 4 N–H and O–H groups in total. The van der Waals surface area contributed by atoms with Crippen molar-refractivity contribution in [3.05, 3.63) is 42.2 Å². The molecular formula is C10H12N4O2S. The van der Waals surface area contributed by atoms with Crippen LogP contribution >= 0.6 is 0 Å². The first-order valence-corrected chi connectivity index (χ1v) is 6.41. The van der Waals surface area contributed by atoms with Gasteiger partial charge >= 0.3 is 0 Å². The first-order valence-electron chi connectivity index (χ1n) is 4.92. The van der Waals surface area contributed by atoms with E-state index in [-0.39, 0.29) is 4.90 Å². The van der Waals surface area contributed by atoms with Gasteiger partial charge < -0.3 is 5.73 Å². The lowest BCUT2D eigenvalue weighted by molar-refractivity contribution is 0.601. The van der Waals surface area contributed by atoms with E-state index in [1.165, 1.54) is 18.5 Å². The maximum atomic E-state index is 12.0. The molecule has 2 rings (SSSR count). The number of benzene rings is 1. The van der Waals surface area contributed by atoms with E-state index >= 15 is 0 Å². The Morgan fingerprint density at radius 1 is 1.41 bits per heavy atom. The van der Waals surface area contributed by atoms with E-state index in [0.29, 0.717) is 12.2 Å². The SMILES string of the molecule is NCc1cccc(S(=O)(=O)Nc2cn[nH]c2)c1. The maximum absolute atomic E-state index is 12.0. The highest BCUT2D eigenvalue weighted by molar-refractivity contribution is 7.92. The Bertz CT molecular complexity index is 593. The van der Waals surface area contributed by atoms with Gasteiger partial charge in [0.25, 0.3) is 10.0 Å². The number of anilines is 1. The molecule has 0 fully saturated rings. The number of rotatable bonds is 4. The molecule has 0 aliphatic carbocycles. The first-order chi connectivity index (χ1) is 8.12. The summed E-state index contributed by atoms with van der Waals surface area (Å²) >= 11 is 0. The second kappa shape index (κ2) is 4.56. The molecule has 0 bridgehead atoms. The minimum Gasteiger partial charge on any atom is -0.326 e. The molecule has 0 aliphatic heterocycles. The number of sulfonamides is 1. The fourth-order valence-electron chi connectivity index (χ4n) is 1.36. The topological polar surface area (TPSA) is 101 Å². The van der Waals surface area contributed by atoms with E-state index < -0.39 is 10.0 Å². The third-order valence-corrected chi connectivity index (χ3v) is 3.57. The van der Waals surface area contributed by atoms with Crippen LogP contribution in [-0.4, -0.2) is 18.6 Å². The van der Waals surface area contributed by atoms with Gasteiger partial charge in [-0.15, -0.1) is 0 Å². The lowest BCUT2D eigenvalue weighted by Crippen LogP contribution is -2.13. The summed E-state index contributed by atoms with van der Waals surface area (Å²) in [6.45, 7) is 0.301. The van der Waals surface area contributed by atoms with Crippen LogP contribution in [0.4, 0.5) is 5.69 Å². The molecule has 7 heteroatoms. The molecule has 0 saturated carbocycles. The summed E-state index contributed by atoms with van der Waals surface area (Å²) in [5.41, 5.74) is 6.62. The van der Waals surface area contributed by atoms with Gasteiger partial charge in [-0.25, -0.2) is 8.42 Å². The molecule has 2 aromatic rings. The number of nitrogens with two attached hydrogens (primary N) is 1. The Balaban J connectivity index is 2.31. The fraction of sp³-hybridized carbons (Fsp3) is 0.100. The van der Waals surface area contributed by atoms with Gasteiger partial charge in [0.05, 0.1) is 16.8 Å². The molecule has 1 aromatic heterocycles. The second-order valence-electron chi connectivity index (χ2n) is 3.44. The number of hydrogen-bond donors (Lipinski definition) is 3. The first kappa shape index (κ1) is 11.6. The summed E-state index contributed by atoms with van der Waals surface area (Å²) in [5, 5.41) is 6.19. The lowest BCUT2D eigenvalue weighted by Gasteiger charge is -2.06. The number of H-pyrrole nitrogens is 1. The van der Waals surface area contributed by atoms with Gasteiger partial charge in [0, 0.05) is 12.7 Å². The zero-order chi connectivity index (χ0) is 12.3. The van der Waals surface area contributed by atoms with Crippen LogP contribution in [0.5, 0.6) is 0 Å². The Kier molecular flexibility index (Phi) is 3.12. The quantitative estimate of drug-likeness (QED) is 0.744. The molecule has 0 aliphatic rings. The van der Waals surface area contributed by atoms with Crippen molar-refractivity contribution in [2.24, 2.45) is 5.73 Å². The highest BCUT2D eigenvalue weighted by Crippen LogP contribution is 2.15. The fourth-order valence-corrected chi connectivity index (χ4v) is 2.46. The monoisotopic (exact) mass is 252 g/mol. The van der Waals surface area contributed by atoms with Crippen molar-refractivity contribution in [3.8, 4) is 0 Å². The van der Waals surface area contributed by atoms with Gasteiger partial charge in [0.2, 0.25) is 0 Å². The van der Waals surface area contributed by atoms with E-state index in [1.807, 2.05) is 0 Å². The predicted molar refractivity (Wildman–Crippen MR) is 63.7 cm³/mol. The molecule has 0 unspecified atom stereocenters. The van der Waals surface area contributed by atoms with Crippen molar-refractivity contribution in [2.45, 2.75) is 11.4 Å². The van der Waals surface area contributed by atoms with Crippen LogP contribution in [0.2, 0.25) is 0 Å². The summed E-state index contributed by atoms with van der Waals surface area (Å²) in [5.74, 6) is 0. The van der Waals surface area contributed by atoms with Gasteiger partial charge in [-0.3, -0.25) is 9.82 Å². The molecular weight excluding hydrogens is 240 g/mol. The molecule has 6 nitrogen and oxygen atoms in total. The van der Waals surface area contributed by atoms with E-state index in [0.717, 1.165) is 5.56 Å². The van der Waals surface area contributed by atoms with Gasteiger partial charge in [-0.2, -0.15) is 5.10 Å².